The van der Waals surface area contributed by atoms with E-state index in [4.69, 9.17) is 5.11 Å². The van der Waals surface area contributed by atoms with Crippen LogP contribution >= 0.6 is 0 Å². The second kappa shape index (κ2) is 5.96. The Hall–Kier alpha value is -2.02. The van der Waals surface area contributed by atoms with Gasteiger partial charge in [-0.25, -0.2) is 14.8 Å². The van der Waals surface area contributed by atoms with E-state index in [1.807, 2.05) is 19.1 Å². The summed E-state index contributed by atoms with van der Waals surface area (Å²) < 4.78 is 11.2. The maximum Gasteiger partial charge on any atom is 0.374 e. The van der Waals surface area contributed by atoms with Crippen LogP contribution in [0.1, 0.15) is 17.5 Å². The fourth-order valence-corrected chi connectivity index (χ4v) is 2.70. The fourth-order valence-electron chi connectivity index (χ4n) is 1.91. The molecule has 1 aromatic carbocycles. The van der Waals surface area contributed by atoms with Crippen LogP contribution in [-0.4, -0.2) is 43.3 Å². The predicted octanol–water partition coefficient (Wildman–Crippen LogP) is 1.51. The molecule has 0 aliphatic carbocycles. The molecule has 1 aromatic heterocycles. The first-order chi connectivity index (χ1) is 9.47. The van der Waals surface area contributed by atoms with E-state index in [1.54, 1.807) is 18.4 Å². The van der Waals surface area contributed by atoms with E-state index in [2.05, 4.69) is 15.3 Å². The number of carboxylic acids is 1. The molecule has 7 heteroatoms. The van der Waals surface area contributed by atoms with Crippen molar-refractivity contribution in [3.63, 3.8) is 0 Å². The minimum Gasteiger partial charge on any atom is -0.475 e. The van der Waals surface area contributed by atoms with E-state index >= 15 is 0 Å². The van der Waals surface area contributed by atoms with Gasteiger partial charge in [0.2, 0.25) is 5.82 Å². The van der Waals surface area contributed by atoms with Crippen molar-refractivity contribution in [1.29, 1.82) is 0 Å². The number of hydrogen-bond acceptors (Lipinski definition) is 5. The first kappa shape index (κ1) is 14.4. The monoisotopic (exact) mass is 293 g/mol. The Morgan fingerprint density at radius 2 is 2.10 bits per heavy atom. The van der Waals surface area contributed by atoms with Crippen molar-refractivity contribution < 1.29 is 14.1 Å². The van der Waals surface area contributed by atoms with Gasteiger partial charge in [0.25, 0.3) is 0 Å². The molecular formula is C13H15N3O3S. The van der Waals surface area contributed by atoms with E-state index < -0.39 is 16.8 Å². The molecule has 2 N–H and O–H groups in total. The summed E-state index contributed by atoms with van der Waals surface area (Å²) >= 11 is 0. The Labute approximate surface area is 118 Å². The number of fused-ring (bicyclic) bond motifs is 1. The summed E-state index contributed by atoms with van der Waals surface area (Å²) in [5.74, 6) is -0.520. The van der Waals surface area contributed by atoms with Crippen molar-refractivity contribution in [3.8, 4) is 0 Å². The predicted molar refractivity (Wildman–Crippen MR) is 78.5 cm³/mol. The number of para-hydroxylation sites is 1. The zero-order valence-electron chi connectivity index (χ0n) is 11.2. The Morgan fingerprint density at radius 1 is 1.40 bits per heavy atom. The van der Waals surface area contributed by atoms with Crippen LogP contribution in [-0.2, 0) is 10.8 Å². The molecule has 20 heavy (non-hydrogen) atoms. The molecule has 0 spiro atoms. The maximum absolute atomic E-state index is 11.2. The highest BCUT2D eigenvalue weighted by molar-refractivity contribution is 7.84. The zero-order valence-corrected chi connectivity index (χ0v) is 12.0. The fraction of sp³-hybridized carbons (Fsp3) is 0.308. The molecule has 2 atom stereocenters. The topological polar surface area (TPSA) is 92.2 Å². The van der Waals surface area contributed by atoms with E-state index in [-0.39, 0.29) is 11.9 Å². The SMILES string of the molecule is CC(CS(C)=O)Nc1nc(C(=O)O)nc2ccccc12. The molecule has 2 rings (SSSR count). The number of carbonyl (C=O) groups is 1. The molecule has 0 amide bonds. The van der Waals surface area contributed by atoms with Crippen LogP contribution in [0.4, 0.5) is 5.82 Å². The van der Waals surface area contributed by atoms with Crippen molar-refractivity contribution in [1.82, 2.24) is 9.97 Å². The van der Waals surface area contributed by atoms with Crippen molar-refractivity contribution in [2.45, 2.75) is 13.0 Å². The molecule has 2 aromatic rings. The highest BCUT2D eigenvalue weighted by atomic mass is 32.2. The molecule has 0 radical (unpaired) electrons. The van der Waals surface area contributed by atoms with Crippen molar-refractivity contribution in [2.75, 3.05) is 17.3 Å². The Kier molecular flexibility index (Phi) is 4.29. The third-order valence-corrected chi connectivity index (χ3v) is 3.63. The number of carboxylic acid groups (broad SMARTS) is 1. The minimum absolute atomic E-state index is 0.0826. The lowest BCUT2D eigenvalue weighted by molar-refractivity contribution is 0.0684. The quantitative estimate of drug-likeness (QED) is 0.868. The lowest BCUT2D eigenvalue weighted by atomic mass is 10.2. The van der Waals surface area contributed by atoms with E-state index in [0.717, 1.165) is 5.39 Å². The number of nitrogens with one attached hydrogen (secondary N) is 1. The van der Waals surface area contributed by atoms with Gasteiger partial charge in [0.05, 0.1) is 5.52 Å². The largest absolute Gasteiger partial charge is 0.475 e. The highest BCUT2D eigenvalue weighted by Crippen LogP contribution is 2.20. The standard InChI is InChI=1S/C13H15N3O3S/c1-8(7-20(2)19)14-11-9-5-3-4-6-10(9)15-12(16-11)13(17)18/h3-6,8H,7H2,1-2H3,(H,17,18)(H,14,15,16). The summed E-state index contributed by atoms with van der Waals surface area (Å²) in [7, 11) is -0.939. The van der Waals surface area contributed by atoms with Crippen molar-refractivity contribution in [3.05, 3.63) is 30.1 Å². The van der Waals surface area contributed by atoms with Crippen LogP contribution in [0, 0.1) is 0 Å². The van der Waals surface area contributed by atoms with Gasteiger partial charge in [-0.15, -0.1) is 0 Å². The third-order valence-electron chi connectivity index (χ3n) is 2.66. The molecule has 0 saturated heterocycles. The number of rotatable bonds is 5. The molecule has 0 bridgehead atoms. The minimum atomic E-state index is -1.18. The van der Waals surface area contributed by atoms with Crippen molar-refractivity contribution >= 4 is 33.5 Å². The van der Waals surface area contributed by atoms with Gasteiger partial charge in [-0.2, -0.15) is 0 Å². The van der Waals surface area contributed by atoms with E-state index in [0.29, 0.717) is 17.1 Å². The molecular weight excluding hydrogens is 278 g/mol. The highest BCUT2D eigenvalue weighted by Gasteiger charge is 2.14. The Bertz CT molecular complexity index is 675. The third kappa shape index (κ3) is 3.30. The van der Waals surface area contributed by atoms with Crippen LogP contribution < -0.4 is 5.32 Å². The second-order valence-corrected chi connectivity index (χ2v) is 5.98. The summed E-state index contributed by atoms with van der Waals surface area (Å²) in [6.45, 7) is 1.87. The van der Waals surface area contributed by atoms with E-state index in [9.17, 15) is 9.00 Å². The summed E-state index contributed by atoms with van der Waals surface area (Å²) in [5.41, 5.74) is 0.562. The number of hydrogen-bond donors (Lipinski definition) is 2. The van der Waals surface area contributed by atoms with Gasteiger partial charge < -0.3 is 10.4 Å². The number of anilines is 1. The van der Waals surface area contributed by atoms with Gasteiger partial charge >= 0.3 is 5.97 Å². The normalized spacial score (nSPS) is 13.9. The first-order valence-corrected chi connectivity index (χ1v) is 7.76. The maximum atomic E-state index is 11.2. The van der Waals surface area contributed by atoms with Crippen molar-refractivity contribution in [2.24, 2.45) is 0 Å². The van der Waals surface area contributed by atoms with Gasteiger partial charge in [-0.3, -0.25) is 4.21 Å². The average Bonchev–Trinajstić information content (AvgIpc) is 2.37. The molecule has 0 aliphatic heterocycles. The number of aromatic carboxylic acids is 1. The Morgan fingerprint density at radius 3 is 2.75 bits per heavy atom. The number of aromatic nitrogens is 2. The van der Waals surface area contributed by atoms with Gasteiger partial charge in [0, 0.05) is 34.2 Å². The molecule has 2 unspecified atom stereocenters. The summed E-state index contributed by atoms with van der Waals surface area (Å²) in [6.07, 6.45) is 1.62. The lowest BCUT2D eigenvalue weighted by Gasteiger charge is -2.15. The van der Waals surface area contributed by atoms with E-state index in [1.165, 1.54) is 0 Å². The van der Waals surface area contributed by atoms with Gasteiger partial charge in [-0.05, 0) is 19.1 Å². The van der Waals surface area contributed by atoms with Gasteiger partial charge in [0.1, 0.15) is 5.82 Å². The average molecular weight is 293 g/mol. The molecule has 0 saturated carbocycles. The Balaban J connectivity index is 2.44. The molecule has 106 valence electrons. The summed E-state index contributed by atoms with van der Waals surface area (Å²) in [4.78, 5) is 19.1. The van der Waals surface area contributed by atoms with Gasteiger partial charge in [0.15, 0.2) is 0 Å². The summed E-state index contributed by atoms with van der Waals surface area (Å²) in [5, 5.41) is 12.9. The van der Waals surface area contributed by atoms with Gasteiger partial charge in [-0.1, -0.05) is 12.1 Å². The first-order valence-electron chi connectivity index (χ1n) is 6.04. The van der Waals surface area contributed by atoms with Crippen LogP contribution in [0.5, 0.6) is 0 Å². The number of benzene rings is 1. The molecule has 0 aliphatic rings. The second-order valence-electron chi connectivity index (χ2n) is 4.50. The number of nitrogens with zero attached hydrogens (tertiary/aromatic N) is 2. The van der Waals surface area contributed by atoms with Crippen LogP contribution in [0.2, 0.25) is 0 Å². The molecule has 1 heterocycles. The summed E-state index contributed by atoms with van der Waals surface area (Å²) in [6, 6.07) is 7.09. The molecule has 0 fully saturated rings. The van der Waals surface area contributed by atoms with Crippen LogP contribution in [0.25, 0.3) is 10.9 Å². The lowest BCUT2D eigenvalue weighted by Crippen LogP contribution is -2.23. The smallest absolute Gasteiger partial charge is 0.374 e. The molecule has 6 nitrogen and oxygen atoms in total. The zero-order chi connectivity index (χ0) is 14.7. The van der Waals surface area contributed by atoms with Crippen LogP contribution in [0.15, 0.2) is 24.3 Å². The van der Waals surface area contributed by atoms with Crippen LogP contribution in [0.3, 0.4) is 0 Å².